The lowest BCUT2D eigenvalue weighted by atomic mass is 9.89. The van der Waals surface area contributed by atoms with Crippen LogP contribution < -0.4 is 0 Å². The first-order valence-corrected chi connectivity index (χ1v) is 6.94. The van der Waals surface area contributed by atoms with Crippen molar-refractivity contribution in [1.29, 1.82) is 0 Å². The average molecular weight is 228 g/mol. The fraction of sp³-hybridized carbons (Fsp3) is 1.00. The van der Waals surface area contributed by atoms with Crippen LogP contribution in [0.25, 0.3) is 0 Å². The van der Waals surface area contributed by atoms with E-state index < -0.39 is 0 Å². The summed E-state index contributed by atoms with van der Waals surface area (Å²) in [5.74, 6) is 0. The van der Waals surface area contributed by atoms with E-state index in [-0.39, 0.29) is 11.2 Å². The monoisotopic (exact) mass is 228 g/mol. The lowest BCUT2D eigenvalue weighted by Gasteiger charge is -2.46. The van der Waals surface area contributed by atoms with Crippen molar-refractivity contribution in [3.05, 3.63) is 0 Å². The first-order valence-electron chi connectivity index (χ1n) is 6.94. The molecule has 0 spiro atoms. The SMILES string of the molecule is CCCC1(CCC)COC(CC)(CC)CO1. The van der Waals surface area contributed by atoms with E-state index >= 15 is 0 Å². The molecule has 0 radical (unpaired) electrons. The predicted molar refractivity (Wildman–Crippen MR) is 67.8 cm³/mol. The highest BCUT2D eigenvalue weighted by Gasteiger charge is 2.41. The maximum Gasteiger partial charge on any atom is 0.0916 e. The standard InChI is InChI=1S/C14H28O2/c1-5-9-14(10-6-2)12-15-13(7-3,8-4)11-16-14/h5-12H2,1-4H3. The first kappa shape index (κ1) is 14.0. The molecular formula is C14H28O2. The minimum Gasteiger partial charge on any atom is -0.370 e. The number of rotatable bonds is 6. The summed E-state index contributed by atoms with van der Waals surface area (Å²) < 4.78 is 12.4. The normalized spacial score (nSPS) is 23.2. The van der Waals surface area contributed by atoms with Crippen molar-refractivity contribution < 1.29 is 9.47 Å². The van der Waals surface area contributed by atoms with Crippen molar-refractivity contribution in [3.63, 3.8) is 0 Å². The Bertz CT molecular complexity index is 179. The smallest absolute Gasteiger partial charge is 0.0916 e. The Balaban J connectivity index is 2.61. The molecule has 0 aromatic rings. The summed E-state index contributed by atoms with van der Waals surface area (Å²) in [4.78, 5) is 0. The summed E-state index contributed by atoms with van der Waals surface area (Å²) in [6.45, 7) is 10.4. The van der Waals surface area contributed by atoms with Gasteiger partial charge >= 0.3 is 0 Å². The molecule has 0 aromatic heterocycles. The largest absolute Gasteiger partial charge is 0.370 e. The number of hydrogen-bond acceptors (Lipinski definition) is 2. The van der Waals surface area contributed by atoms with Gasteiger partial charge in [-0.05, 0) is 25.7 Å². The minimum atomic E-state index is -0.00895. The van der Waals surface area contributed by atoms with Crippen LogP contribution in [-0.2, 0) is 9.47 Å². The van der Waals surface area contributed by atoms with Crippen molar-refractivity contribution >= 4 is 0 Å². The third kappa shape index (κ3) is 2.98. The molecule has 1 aliphatic rings. The first-order chi connectivity index (χ1) is 7.66. The number of hydrogen-bond donors (Lipinski definition) is 0. The van der Waals surface area contributed by atoms with E-state index in [9.17, 15) is 0 Å². The second-order valence-corrected chi connectivity index (χ2v) is 5.15. The lowest BCUT2D eigenvalue weighted by molar-refractivity contribution is -0.242. The molecule has 1 heterocycles. The molecule has 0 saturated carbocycles. The van der Waals surface area contributed by atoms with Crippen molar-refractivity contribution in [2.45, 2.75) is 77.4 Å². The lowest BCUT2D eigenvalue weighted by Crippen LogP contribution is -2.53. The molecule has 96 valence electrons. The molecule has 2 nitrogen and oxygen atoms in total. The zero-order valence-electron chi connectivity index (χ0n) is 11.5. The topological polar surface area (TPSA) is 18.5 Å². The summed E-state index contributed by atoms with van der Waals surface area (Å²) in [6.07, 6.45) is 6.72. The van der Waals surface area contributed by atoms with Gasteiger partial charge in [0, 0.05) is 0 Å². The molecule has 1 aliphatic heterocycles. The maximum atomic E-state index is 6.22. The van der Waals surface area contributed by atoms with Crippen LogP contribution >= 0.6 is 0 Å². The molecule has 1 rings (SSSR count). The van der Waals surface area contributed by atoms with Crippen molar-refractivity contribution in [3.8, 4) is 0 Å². The van der Waals surface area contributed by atoms with Crippen LogP contribution in [0.1, 0.15) is 66.2 Å². The van der Waals surface area contributed by atoms with Gasteiger partial charge in [0.25, 0.3) is 0 Å². The van der Waals surface area contributed by atoms with Crippen LogP contribution in [0, 0.1) is 0 Å². The quantitative estimate of drug-likeness (QED) is 0.685. The van der Waals surface area contributed by atoms with E-state index in [2.05, 4.69) is 27.7 Å². The van der Waals surface area contributed by atoms with Gasteiger partial charge in [-0.3, -0.25) is 0 Å². The molecule has 0 bridgehead atoms. The van der Waals surface area contributed by atoms with Gasteiger partial charge in [-0.25, -0.2) is 0 Å². The van der Waals surface area contributed by atoms with Crippen LogP contribution in [0.4, 0.5) is 0 Å². The molecule has 0 atom stereocenters. The molecule has 16 heavy (non-hydrogen) atoms. The summed E-state index contributed by atoms with van der Waals surface area (Å²) in [5.41, 5.74) is 0.00230. The highest BCUT2D eigenvalue weighted by atomic mass is 16.6. The van der Waals surface area contributed by atoms with Crippen LogP contribution in [0.2, 0.25) is 0 Å². The van der Waals surface area contributed by atoms with Crippen LogP contribution in [0.15, 0.2) is 0 Å². The van der Waals surface area contributed by atoms with Crippen molar-refractivity contribution in [2.75, 3.05) is 13.2 Å². The van der Waals surface area contributed by atoms with Gasteiger partial charge in [0.15, 0.2) is 0 Å². The zero-order chi connectivity index (χ0) is 12.1. The second kappa shape index (κ2) is 6.02. The Morgan fingerprint density at radius 2 is 1.19 bits per heavy atom. The van der Waals surface area contributed by atoms with E-state index in [1.165, 1.54) is 12.8 Å². The molecule has 0 N–H and O–H groups in total. The van der Waals surface area contributed by atoms with Gasteiger partial charge < -0.3 is 9.47 Å². The molecule has 1 saturated heterocycles. The van der Waals surface area contributed by atoms with Gasteiger partial charge in [-0.2, -0.15) is 0 Å². The van der Waals surface area contributed by atoms with Gasteiger partial charge in [-0.15, -0.1) is 0 Å². The van der Waals surface area contributed by atoms with Gasteiger partial charge in [-0.1, -0.05) is 40.5 Å². The van der Waals surface area contributed by atoms with Gasteiger partial charge in [0.05, 0.1) is 24.4 Å². The third-order valence-corrected chi connectivity index (χ3v) is 3.98. The third-order valence-electron chi connectivity index (χ3n) is 3.98. The summed E-state index contributed by atoms with van der Waals surface area (Å²) in [7, 11) is 0. The molecule has 0 amide bonds. The van der Waals surface area contributed by atoms with Crippen molar-refractivity contribution in [2.24, 2.45) is 0 Å². The fourth-order valence-corrected chi connectivity index (χ4v) is 2.64. The molecule has 2 heteroatoms. The van der Waals surface area contributed by atoms with Crippen molar-refractivity contribution in [1.82, 2.24) is 0 Å². The summed E-state index contributed by atoms with van der Waals surface area (Å²) in [6, 6.07) is 0. The van der Waals surface area contributed by atoms with E-state index in [1.54, 1.807) is 0 Å². The van der Waals surface area contributed by atoms with E-state index in [0.717, 1.165) is 38.9 Å². The Kier molecular flexibility index (Phi) is 5.26. The van der Waals surface area contributed by atoms with Gasteiger partial charge in [0.1, 0.15) is 0 Å². The number of ether oxygens (including phenoxy) is 2. The molecule has 0 aliphatic carbocycles. The second-order valence-electron chi connectivity index (χ2n) is 5.15. The average Bonchev–Trinajstić information content (AvgIpc) is 2.32. The molecule has 0 aromatic carbocycles. The van der Waals surface area contributed by atoms with E-state index in [4.69, 9.17) is 9.47 Å². The Hall–Kier alpha value is -0.0800. The summed E-state index contributed by atoms with van der Waals surface area (Å²) in [5, 5.41) is 0. The molecule has 0 unspecified atom stereocenters. The molecule has 1 fully saturated rings. The minimum absolute atomic E-state index is 0.00895. The molecular weight excluding hydrogens is 200 g/mol. The maximum absolute atomic E-state index is 6.22. The fourth-order valence-electron chi connectivity index (χ4n) is 2.64. The Morgan fingerprint density at radius 1 is 0.750 bits per heavy atom. The Labute approximate surface area is 101 Å². The van der Waals surface area contributed by atoms with Crippen LogP contribution in [-0.4, -0.2) is 24.4 Å². The van der Waals surface area contributed by atoms with Gasteiger partial charge in [0.2, 0.25) is 0 Å². The van der Waals surface area contributed by atoms with E-state index in [0.29, 0.717) is 0 Å². The highest BCUT2D eigenvalue weighted by molar-refractivity contribution is 4.90. The van der Waals surface area contributed by atoms with Crippen LogP contribution in [0.5, 0.6) is 0 Å². The zero-order valence-corrected chi connectivity index (χ0v) is 11.5. The predicted octanol–water partition coefficient (Wildman–Crippen LogP) is 3.93. The Morgan fingerprint density at radius 3 is 1.50 bits per heavy atom. The summed E-state index contributed by atoms with van der Waals surface area (Å²) >= 11 is 0. The van der Waals surface area contributed by atoms with E-state index in [1.807, 2.05) is 0 Å². The van der Waals surface area contributed by atoms with Crippen LogP contribution in [0.3, 0.4) is 0 Å². The highest BCUT2D eigenvalue weighted by Crippen LogP contribution is 2.35.